The van der Waals surface area contributed by atoms with Crippen LogP contribution in [0.3, 0.4) is 0 Å². The molecule has 4 nitrogen and oxygen atoms in total. The summed E-state index contributed by atoms with van der Waals surface area (Å²) in [4.78, 5) is 16.9. The van der Waals surface area contributed by atoms with E-state index in [4.69, 9.17) is 4.74 Å². The summed E-state index contributed by atoms with van der Waals surface area (Å²) in [6, 6.07) is 0. The van der Waals surface area contributed by atoms with Crippen molar-refractivity contribution in [1.82, 2.24) is 9.80 Å². The molecule has 2 atom stereocenters. The van der Waals surface area contributed by atoms with E-state index in [0.29, 0.717) is 18.4 Å². The molecule has 3 fully saturated rings. The van der Waals surface area contributed by atoms with Gasteiger partial charge in [0, 0.05) is 39.8 Å². The van der Waals surface area contributed by atoms with Crippen molar-refractivity contribution in [1.29, 1.82) is 0 Å². The minimum Gasteiger partial charge on any atom is -0.383 e. The number of amides is 1. The van der Waals surface area contributed by atoms with Gasteiger partial charge in [0.25, 0.3) is 0 Å². The van der Waals surface area contributed by atoms with Gasteiger partial charge >= 0.3 is 0 Å². The molecule has 2 heterocycles. The molecule has 0 radical (unpaired) electrons. The molecule has 102 valence electrons. The van der Waals surface area contributed by atoms with Crippen LogP contribution in [0.25, 0.3) is 0 Å². The second-order valence-corrected chi connectivity index (χ2v) is 6.14. The molecule has 3 rings (SSSR count). The van der Waals surface area contributed by atoms with Crippen molar-refractivity contribution in [2.24, 2.45) is 17.8 Å². The summed E-state index contributed by atoms with van der Waals surface area (Å²) in [6.45, 7) is 5.75. The number of rotatable bonds is 5. The Kier molecular flexibility index (Phi) is 3.57. The Balaban J connectivity index is 1.55. The van der Waals surface area contributed by atoms with Gasteiger partial charge in [-0.3, -0.25) is 4.79 Å². The predicted octanol–water partition coefficient (Wildman–Crippen LogP) is 0.823. The van der Waals surface area contributed by atoms with Crippen LogP contribution in [0.1, 0.15) is 19.3 Å². The third-order valence-corrected chi connectivity index (χ3v) is 4.69. The molecule has 0 aromatic heterocycles. The maximum atomic E-state index is 12.4. The zero-order valence-corrected chi connectivity index (χ0v) is 11.3. The molecule has 1 aliphatic carbocycles. The van der Waals surface area contributed by atoms with Crippen LogP contribution in [-0.4, -0.2) is 62.1 Å². The SMILES string of the molecule is COCCN1CC[C@H]2CN(CC3CC3)C[C@@H]2C1=O. The number of hydrogen-bond donors (Lipinski definition) is 0. The van der Waals surface area contributed by atoms with E-state index in [2.05, 4.69) is 4.90 Å². The lowest BCUT2D eigenvalue weighted by Gasteiger charge is -2.33. The highest BCUT2D eigenvalue weighted by molar-refractivity contribution is 5.80. The van der Waals surface area contributed by atoms with E-state index in [1.165, 1.54) is 25.8 Å². The molecule has 4 heteroatoms. The van der Waals surface area contributed by atoms with E-state index in [1.807, 2.05) is 4.90 Å². The Labute approximate surface area is 109 Å². The lowest BCUT2D eigenvalue weighted by atomic mass is 9.88. The van der Waals surface area contributed by atoms with Crippen LogP contribution >= 0.6 is 0 Å². The second kappa shape index (κ2) is 5.17. The van der Waals surface area contributed by atoms with E-state index in [1.54, 1.807) is 7.11 Å². The number of piperidine rings is 1. The first-order valence-corrected chi connectivity index (χ1v) is 7.28. The topological polar surface area (TPSA) is 32.8 Å². The molecule has 1 saturated carbocycles. The summed E-state index contributed by atoms with van der Waals surface area (Å²) in [5, 5.41) is 0. The monoisotopic (exact) mass is 252 g/mol. The first-order valence-electron chi connectivity index (χ1n) is 7.28. The van der Waals surface area contributed by atoms with Gasteiger partial charge in [0.05, 0.1) is 12.5 Å². The van der Waals surface area contributed by atoms with Crippen molar-refractivity contribution >= 4 is 5.91 Å². The third-order valence-electron chi connectivity index (χ3n) is 4.69. The van der Waals surface area contributed by atoms with Gasteiger partial charge in [-0.15, -0.1) is 0 Å². The Morgan fingerprint density at radius 3 is 2.83 bits per heavy atom. The molecule has 0 bridgehead atoms. The quantitative estimate of drug-likeness (QED) is 0.726. The molecular formula is C14H24N2O2. The summed E-state index contributed by atoms with van der Waals surface area (Å²) in [5.74, 6) is 2.20. The number of nitrogens with zero attached hydrogens (tertiary/aromatic N) is 2. The predicted molar refractivity (Wildman–Crippen MR) is 69.2 cm³/mol. The van der Waals surface area contributed by atoms with Crippen molar-refractivity contribution in [2.75, 3.05) is 46.4 Å². The van der Waals surface area contributed by atoms with Gasteiger partial charge in [-0.25, -0.2) is 0 Å². The van der Waals surface area contributed by atoms with Crippen LogP contribution in [0.4, 0.5) is 0 Å². The Hall–Kier alpha value is -0.610. The van der Waals surface area contributed by atoms with Gasteiger partial charge in [0.2, 0.25) is 5.91 Å². The largest absolute Gasteiger partial charge is 0.383 e. The molecule has 2 saturated heterocycles. The molecule has 2 aliphatic heterocycles. The Morgan fingerprint density at radius 2 is 2.11 bits per heavy atom. The van der Waals surface area contributed by atoms with E-state index in [0.717, 1.165) is 32.1 Å². The molecule has 18 heavy (non-hydrogen) atoms. The maximum absolute atomic E-state index is 12.4. The van der Waals surface area contributed by atoms with E-state index >= 15 is 0 Å². The fourth-order valence-electron chi connectivity index (χ4n) is 3.44. The highest BCUT2D eigenvalue weighted by Crippen LogP contribution is 2.36. The van der Waals surface area contributed by atoms with Crippen molar-refractivity contribution in [3.05, 3.63) is 0 Å². The van der Waals surface area contributed by atoms with Crippen LogP contribution < -0.4 is 0 Å². The fourth-order valence-corrected chi connectivity index (χ4v) is 3.44. The summed E-state index contributed by atoms with van der Waals surface area (Å²) >= 11 is 0. The summed E-state index contributed by atoms with van der Waals surface area (Å²) < 4.78 is 5.08. The molecule has 0 spiro atoms. The van der Waals surface area contributed by atoms with Gasteiger partial charge in [0.1, 0.15) is 0 Å². The third kappa shape index (κ3) is 2.54. The van der Waals surface area contributed by atoms with Gasteiger partial charge < -0.3 is 14.5 Å². The minimum atomic E-state index is 0.273. The standard InChI is InChI=1S/C14H24N2O2/c1-18-7-6-16-5-4-12-9-15(8-11-2-3-11)10-13(12)14(16)17/h11-13H,2-10H2,1H3/t12-,13-/m0/s1. The number of carbonyl (C=O) groups excluding carboxylic acids is 1. The van der Waals surface area contributed by atoms with Crippen LogP contribution in [0, 0.1) is 17.8 Å². The van der Waals surface area contributed by atoms with Gasteiger partial charge in [-0.1, -0.05) is 0 Å². The Morgan fingerprint density at radius 1 is 1.28 bits per heavy atom. The van der Waals surface area contributed by atoms with E-state index in [-0.39, 0.29) is 5.92 Å². The van der Waals surface area contributed by atoms with Crippen molar-refractivity contribution in [3.8, 4) is 0 Å². The van der Waals surface area contributed by atoms with Crippen molar-refractivity contribution in [2.45, 2.75) is 19.3 Å². The molecule has 0 aromatic rings. The molecule has 1 amide bonds. The van der Waals surface area contributed by atoms with Crippen LogP contribution in [0.5, 0.6) is 0 Å². The number of hydrogen-bond acceptors (Lipinski definition) is 3. The van der Waals surface area contributed by atoms with Crippen LogP contribution in [-0.2, 0) is 9.53 Å². The van der Waals surface area contributed by atoms with Crippen LogP contribution in [0.15, 0.2) is 0 Å². The number of likely N-dealkylation sites (tertiary alicyclic amines) is 2. The first kappa shape index (κ1) is 12.4. The van der Waals surface area contributed by atoms with Gasteiger partial charge in [-0.05, 0) is 31.1 Å². The first-order chi connectivity index (χ1) is 8.78. The molecule has 0 aromatic carbocycles. The summed E-state index contributed by atoms with van der Waals surface area (Å²) in [5.41, 5.74) is 0. The normalized spacial score (nSPS) is 32.9. The molecular weight excluding hydrogens is 228 g/mol. The fraction of sp³-hybridized carbons (Fsp3) is 0.929. The highest BCUT2D eigenvalue weighted by Gasteiger charge is 2.43. The number of ether oxygens (including phenoxy) is 1. The average Bonchev–Trinajstić information content (AvgIpc) is 3.06. The molecule has 0 N–H and O–H groups in total. The zero-order valence-electron chi connectivity index (χ0n) is 11.3. The Bertz CT molecular complexity index is 317. The zero-order chi connectivity index (χ0) is 12.5. The smallest absolute Gasteiger partial charge is 0.227 e. The van der Waals surface area contributed by atoms with E-state index < -0.39 is 0 Å². The maximum Gasteiger partial charge on any atom is 0.227 e. The highest BCUT2D eigenvalue weighted by atomic mass is 16.5. The second-order valence-electron chi connectivity index (χ2n) is 6.14. The molecule has 0 unspecified atom stereocenters. The lowest BCUT2D eigenvalue weighted by molar-refractivity contribution is -0.140. The lowest BCUT2D eigenvalue weighted by Crippen LogP contribution is -2.46. The van der Waals surface area contributed by atoms with Gasteiger partial charge in [0.15, 0.2) is 0 Å². The van der Waals surface area contributed by atoms with Crippen LogP contribution in [0.2, 0.25) is 0 Å². The number of methoxy groups -OCH3 is 1. The number of fused-ring (bicyclic) bond motifs is 1. The average molecular weight is 252 g/mol. The van der Waals surface area contributed by atoms with Crippen molar-refractivity contribution < 1.29 is 9.53 Å². The van der Waals surface area contributed by atoms with Crippen molar-refractivity contribution in [3.63, 3.8) is 0 Å². The molecule has 3 aliphatic rings. The minimum absolute atomic E-state index is 0.273. The van der Waals surface area contributed by atoms with Gasteiger partial charge in [-0.2, -0.15) is 0 Å². The summed E-state index contributed by atoms with van der Waals surface area (Å²) in [6.07, 6.45) is 3.99. The van der Waals surface area contributed by atoms with E-state index in [9.17, 15) is 4.79 Å². The summed E-state index contributed by atoms with van der Waals surface area (Å²) in [7, 11) is 1.70. The number of carbonyl (C=O) groups is 1.